The van der Waals surface area contributed by atoms with E-state index in [9.17, 15) is 0 Å². The predicted octanol–water partition coefficient (Wildman–Crippen LogP) is 5.03. The van der Waals surface area contributed by atoms with Gasteiger partial charge >= 0.3 is 0 Å². The van der Waals surface area contributed by atoms with Gasteiger partial charge in [0, 0.05) is 23.4 Å². The topological polar surface area (TPSA) is 24.9 Å². The molecule has 20 heavy (non-hydrogen) atoms. The van der Waals surface area contributed by atoms with Crippen molar-refractivity contribution in [3.63, 3.8) is 0 Å². The van der Waals surface area contributed by atoms with Crippen molar-refractivity contribution in [2.45, 2.75) is 90.6 Å². The Bertz CT molecular complexity index is 390. The molecule has 1 saturated carbocycles. The molecule has 1 aromatic rings. The summed E-state index contributed by atoms with van der Waals surface area (Å²) in [5.41, 5.74) is 1.37. The molecular weight excluding hydrogens is 264 g/mol. The minimum Gasteiger partial charge on any atom is -0.309 e. The fourth-order valence-electron chi connectivity index (χ4n) is 3.15. The molecule has 0 unspecified atom stereocenters. The van der Waals surface area contributed by atoms with Crippen LogP contribution < -0.4 is 5.32 Å². The number of aromatic nitrogens is 1. The molecule has 1 heterocycles. The lowest BCUT2D eigenvalue weighted by Crippen LogP contribution is -2.25. The van der Waals surface area contributed by atoms with Crippen molar-refractivity contribution in [3.8, 4) is 0 Å². The van der Waals surface area contributed by atoms with Crippen molar-refractivity contribution >= 4 is 11.3 Å². The quantitative estimate of drug-likeness (QED) is 0.727. The van der Waals surface area contributed by atoms with Crippen LogP contribution in [0.5, 0.6) is 0 Å². The Morgan fingerprint density at radius 2 is 1.90 bits per heavy atom. The Morgan fingerprint density at radius 3 is 2.50 bits per heavy atom. The lowest BCUT2D eigenvalue weighted by Gasteiger charge is -2.11. The Balaban J connectivity index is 2.04. The third kappa shape index (κ3) is 4.05. The second-order valence-electron chi connectivity index (χ2n) is 6.05. The predicted molar refractivity (Wildman–Crippen MR) is 88.5 cm³/mol. The van der Waals surface area contributed by atoms with Crippen LogP contribution in [-0.2, 0) is 13.0 Å². The van der Waals surface area contributed by atoms with Gasteiger partial charge in [0.2, 0.25) is 0 Å². The fourth-order valence-corrected chi connectivity index (χ4v) is 4.48. The van der Waals surface area contributed by atoms with Crippen LogP contribution in [0.3, 0.4) is 0 Å². The number of nitrogens with zero attached hydrogens (tertiary/aromatic N) is 1. The highest BCUT2D eigenvalue weighted by molar-refractivity contribution is 7.11. The van der Waals surface area contributed by atoms with Crippen LogP contribution in [0.15, 0.2) is 0 Å². The highest BCUT2D eigenvalue weighted by Crippen LogP contribution is 2.30. The summed E-state index contributed by atoms with van der Waals surface area (Å²) < 4.78 is 0. The molecule has 0 aromatic carbocycles. The Hall–Kier alpha value is -0.410. The van der Waals surface area contributed by atoms with Crippen LogP contribution in [0.2, 0.25) is 0 Å². The summed E-state index contributed by atoms with van der Waals surface area (Å²) in [4.78, 5) is 6.47. The maximum atomic E-state index is 4.97. The van der Waals surface area contributed by atoms with E-state index in [1.165, 1.54) is 60.5 Å². The summed E-state index contributed by atoms with van der Waals surface area (Å²) in [5.74, 6) is 0.663. The molecule has 1 aliphatic carbocycles. The van der Waals surface area contributed by atoms with Crippen LogP contribution in [0.4, 0.5) is 0 Å². The maximum absolute atomic E-state index is 4.97. The van der Waals surface area contributed by atoms with E-state index in [-0.39, 0.29) is 0 Å². The maximum Gasteiger partial charge on any atom is 0.0962 e. The van der Waals surface area contributed by atoms with E-state index in [1.54, 1.807) is 0 Å². The van der Waals surface area contributed by atoms with E-state index < -0.39 is 0 Å². The zero-order valence-corrected chi connectivity index (χ0v) is 14.2. The first-order chi connectivity index (χ1) is 9.78. The minimum absolute atomic E-state index is 0.663. The standard InChI is InChI=1S/C17H30N2S/c1-4-9-15-16(12-18-14-10-7-8-11-14)20-17(19-15)13(5-2)6-3/h13-14,18H,4-12H2,1-3H3. The van der Waals surface area contributed by atoms with E-state index in [2.05, 4.69) is 26.1 Å². The molecule has 114 valence electrons. The average Bonchev–Trinajstić information content (AvgIpc) is 3.08. The molecule has 1 aliphatic rings. The lowest BCUT2D eigenvalue weighted by molar-refractivity contribution is 0.525. The van der Waals surface area contributed by atoms with Gasteiger partial charge in [-0.3, -0.25) is 0 Å². The molecule has 2 nitrogen and oxygen atoms in total. The molecule has 1 fully saturated rings. The lowest BCUT2D eigenvalue weighted by atomic mass is 10.1. The third-order valence-corrected chi connectivity index (χ3v) is 5.78. The zero-order valence-electron chi connectivity index (χ0n) is 13.4. The van der Waals surface area contributed by atoms with E-state index in [0.717, 1.165) is 19.0 Å². The smallest absolute Gasteiger partial charge is 0.0962 e. The molecule has 0 atom stereocenters. The van der Waals surface area contributed by atoms with Crippen molar-refractivity contribution in [1.82, 2.24) is 10.3 Å². The SMILES string of the molecule is CCCc1nc(C(CC)CC)sc1CNC1CCCC1. The third-order valence-electron chi connectivity index (χ3n) is 4.52. The highest BCUT2D eigenvalue weighted by Gasteiger charge is 2.18. The fraction of sp³-hybridized carbons (Fsp3) is 0.824. The minimum atomic E-state index is 0.663. The van der Waals surface area contributed by atoms with Gasteiger partial charge in [-0.05, 0) is 32.1 Å². The largest absolute Gasteiger partial charge is 0.309 e. The Labute approximate surface area is 128 Å². The van der Waals surface area contributed by atoms with Gasteiger partial charge in [-0.15, -0.1) is 11.3 Å². The molecule has 0 spiro atoms. The molecule has 2 rings (SSSR count). The summed E-state index contributed by atoms with van der Waals surface area (Å²) in [6.07, 6.45) is 10.3. The van der Waals surface area contributed by atoms with Gasteiger partial charge < -0.3 is 5.32 Å². The van der Waals surface area contributed by atoms with Gasteiger partial charge in [0.1, 0.15) is 0 Å². The first-order valence-corrected chi connectivity index (χ1v) is 9.31. The van der Waals surface area contributed by atoms with E-state index in [4.69, 9.17) is 4.98 Å². The monoisotopic (exact) mass is 294 g/mol. The number of thiazole rings is 1. The molecular formula is C17H30N2S. The van der Waals surface area contributed by atoms with Crippen LogP contribution in [0.25, 0.3) is 0 Å². The molecule has 1 N–H and O–H groups in total. The number of nitrogens with one attached hydrogen (secondary N) is 1. The molecule has 0 radical (unpaired) electrons. The van der Waals surface area contributed by atoms with Crippen LogP contribution in [-0.4, -0.2) is 11.0 Å². The highest BCUT2D eigenvalue weighted by atomic mass is 32.1. The van der Waals surface area contributed by atoms with E-state index >= 15 is 0 Å². The van der Waals surface area contributed by atoms with Crippen molar-refractivity contribution in [2.24, 2.45) is 0 Å². The van der Waals surface area contributed by atoms with Crippen LogP contribution in [0, 0.1) is 0 Å². The first-order valence-electron chi connectivity index (χ1n) is 8.50. The Morgan fingerprint density at radius 1 is 1.20 bits per heavy atom. The summed E-state index contributed by atoms with van der Waals surface area (Å²) in [6.45, 7) is 7.86. The van der Waals surface area contributed by atoms with Gasteiger partial charge in [-0.2, -0.15) is 0 Å². The van der Waals surface area contributed by atoms with Crippen LogP contribution >= 0.6 is 11.3 Å². The molecule has 1 aromatic heterocycles. The van der Waals surface area contributed by atoms with E-state index in [0.29, 0.717) is 5.92 Å². The normalized spacial score (nSPS) is 16.4. The van der Waals surface area contributed by atoms with Gasteiger partial charge in [0.15, 0.2) is 0 Å². The number of hydrogen-bond acceptors (Lipinski definition) is 3. The molecule has 0 saturated heterocycles. The number of rotatable bonds is 8. The first kappa shape index (κ1) is 16.0. The Kier molecular flexibility index (Phi) is 6.50. The van der Waals surface area contributed by atoms with Crippen molar-refractivity contribution in [1.29, 1.82) is 0 Å². The summed E-state index contributed by atoms with van der Waals surface area (Å²) in [6, 6.07) is 0.753. The van der Waals surface area contributed by atoms with Crippen LogP contribution in [0.1, 0.15) is 87.2 Å². The van der Waals surface area contributed by atoms with Crippen molar-refractivity contribution in [3.05, 3.63) is 15.6 Å². The molecule has 0 aliphatic heterocycles. The second-order valence-corrected chi connectivity index (χ2v) is 7.16. The average molecular weight is 295 g/mol. The van der Waals surface area contributed by atoms with Gasteiger partial charge in [0.25, 0.3) is 0 Å². The molecule has 0 bridgehead atoms. The van der Waals surface area contributed by atoms with Crippen molar-refractivity contribution in [2.75, 3.05) is 0 Å². The molecule has 3 heteroatoms. The van der Waals surface area contributed by atoms with E-state index in [1.807, 2.05) is 11.3 Å². The molecule has 0 amide bonds. The van der Waals surface area contributed by atoms with Gasteiger partial charge in [0.05, 0.1) is 10.7 Å². The summed E-state index contributed by atoms with van der Waals surface area (Å²) in [7, 11) is 0. The number of hydrogen-bond donors (Lipinski definition) is 1. The van der Waals surface area contributed by atoms with Gasteiger partial charge in [-0.1, -0.05) is 40.0 Å². The van der Waals surface area contributed by atoms with Gasteiger partial charge in [-0.25, -0.2) is 4.98 Å². The number of aryl methyl sites for hydroxylation is 1. The van der Waals surface area contributed by atoms with Crippen molar-refractivity contribution < 1.29 is 0 Å². The zero-order chi connectivity index (χ0) is 14.4. The summed E-state index contributed by atoms with van der Waals surface area (Å²) >= 11 is 1.97. The second kappa shape index (κ2) is 8.14. The summed E-state index contributed by atoms with van der Waals surface area (Å²) in [5, 5.41) is 5.13.